The smallest absolute Gasteiger partial charge is 0.356 e. The molecule has 0 aliphatic rings. The summed E-state index contributed by atoms with van der Waals surface area (Å²) < 4.78 is 9.58. The highest BCUT2D eigenvalue weighted by molar-refractivity contribution is 5.87. The summed E-state index contributed by atoms with van der Waals surface area (Å²) in [4.78, 5) is 15.0. The van der Waals surface area contributed by atoms with E-state index < -0.39 is 5.97 Å². The largest absolute Gasteiger partial charge is 0.496 e. The third kappa shape index (κ3) is 1.90. The van der Waals surface area contributed by atoms with Crippen molar-refractivity contribution in [3.8, 4) is 5.75 Å². The van der Waals surface area contributed by atoms with E-state index in [4.69, 9.17) is 4.74 Å². The van der Waals surface area contributed by atoms with Crippen molar-refractivity contribution in [3.63, 3.8) is 0 Å². The number of esters is 1. The fourth-order valence-corrected chi connectivity index (χ4v) is 0.994. The van der Waals surface area contributed by atoms with Gasteiger partial charge < -0.3 is 9.47 Å². The lowest BCUT2D eigenvalue weighted by molar-refractivity contribution is 0.0593. The third-order valence-electron chi connectivity index (χ3n) is 1.73. The number of carbonyl (C=O) groups is 1. The lowest BCUT2D eigenvalue weighted by atomic mass is 10.2. The maximum Gasteiger partial charge on any atom is 0.356 e. The Labute approximate surface area is 82.2 Å². The number of ether oxygens (including phenoxy) is 2. The van der Waals surface area contributed by atoms with Gasteiger partial charge in [0, 0.05) is 17.8 Å². The van der Waals surface area contributed by atoms with E-state index in [2.05, 4.69) is 16.3 Å². The quantitative estimate of drug-likeness (QED) is 0.683. The maximum absolute atomic E-state index is 11.1. The van der Waals surface area contributed by atoms with Crippen molar-refractivity contribution in [2.75, 3.05) is 14.2 Å². The Bertz CT molecular complexity index is 360. The third-order valence-corrected chi connectivity index (χ3v) is 1.73. The molecular formula is C10H11NO3. The molecule has 1 aromatic heterocycles. The molecule has 4 nitrogen and oxygen atoms in total. The molecule has 1 heterocycles. The molecule has 0 saturated carbocycles. The Kier molecular flexibility index (Phi) is 3.23. The predicted octanol–water partition coefficient (Wildman–Crippen LogP) is 1.52. The van der Waals surface area contributed by atoms with Gasteiger partial charge >= 0.3 is 5.97 Å². The van der Waals surface area contributed by atoms with Gasteiger partial charge in [-0.2, -0.15) is 0 Å². The van der Waals surface area contributed by atoms with Gasteiger partial charge in [0.05, 0.1) is 14.2 Å². The van der Waals surface area contributed by atoms with Crippen LogP contribution >= 0.6 is 0 Å². The number of rotatable bonds is 3. The first-order valence-electron chi connectivity index (χ1n) is 3.97. The lowest BCUT2D eigenvalue weighted by Crippen LogP contribution is -2.04. The van der Waals surface area contributed by atoms with Gasteiger partial charge in [0.1, 0.15) is 5.75 Å². The van der Waals surface area contributed by atoms with Crippen LogP contribution in [0.1, 0.15) is 16.1 Å². The number of nitrogens with zero attached hydrogens (tertiary/aromatic N) is 1. The van der Waals surface area contributed by atoms with E-state index >= 15 is 0 Å². The Balaban J connectivity index is 3.13. The van der Waals surface area contributed by atoms with E-state index in [0.29, 0.717) is 5.75 Å². The maximum atomic E-state index is 11.1. The van der Waals surface area contributed by atoms with Crippen LogP contribution in [0.25, 0.3) is 6.08 Å². The van der Waals surface area contributed by atoms with Gasteiger partial charge in [0.2, 0.25) is 0 Å². The van der Waals surface area contributed by atoms with Crippen molar-refractivity contribution in [1.82, 2.24) is 4.98 Å². The summed E-state index contributed by atoms with van der Waals surface area (Å²) in [6, 6.07) is 1.52. The summed E-state index contributed by atoms with van der Waals surface area (Å²) in [6.45, 7) is 3.60. The molecule has 4 heteroatoms. The van der Waals surface area contributed by atoms with Gasteiger partial charge in [-0.1, -0.05) is 12.7 Å². The molecule has 0 unspecified atom stereocenters. The minimum Gasteiger partial charge on any atom is -0.496 e. The Morgan fingerprint density at radius 3 is 2.79 bits per heavy atom. The first-order chi connectivity index (χ1) is 6.72. The zero-order valence-corrected chi connectivity index (χ0v) is 8.11. The number of methoxy groups -OCH3 is 2. The highest BCUT2D eigenvalue weighted by Crippen LogP contribution is 2.19. The average molecular weight is 193 g/mol. The monoisotopic (exact) mass is 193 g/mol. The van der Waals surface area contributed by atoms with Crippen molar-refractivity contribution in [2.45, 2.75) is 0 Å². The minimum atomic E-state index is -0.487. The van der Waals surface area contributed by atoms with E-state index in [0.717, 1.165) is 5.56 Å². The second-order valence-electron chi connectivity index (χ2n) is 2.51. The van der Waals surface area contributed by atoms with Gasteiger partial charge in [0.25, 0.3) is 0 Å². The Morgan fingerprint density at radius 2 is 2.29 bits per heavy atom. The van der Waals surface area contributed by atoms with Crippen LogP contribution in [-0.4, -0.2) is 25.2 Å². The van der Waals surface area contributed by atoms with Gasteiger partial charge in [0.15, 0.2) is 5.69 Å². The zero-order chi connectivity index (χ0) is 10.6. The fourth-order valence-electron chi connectivity index (χ4n) is 0.994. The molecule has 1 aromatic rings. The normalized spacial score (nSPS) is 9.29. The van der Waals surface area contributed by atoms with E-state index in [1.165, 1.54) is 26.5 Å². The van der Waals surface area contributed by atoms with Gasteiger partial charge in [-0.05, 0) is 0 Å². The summed E-state index contributed by atoms with van der Waals surface area (Å²) in [7, 11) is 2.82. The van der Waals surface area contributed by atoms with Crippen LogP contribution in [0.3, 0.4) is 0 Å². The van der Waals surface area contributed by atoms with Crippen molar-refractivity contribution in [1.29, 1.82) is 0 Å². The Hall–Kier alpha value is -1.84. The van der Waals surface area contributed by atoms with Crippen molar-refractivity contribution in [2.24, 2.45) is 0 Å². The fraction of sp³-hybridized carbons (Fsp3) is 0.200. The Morgan fingerprint density at radius 1 is 1.57 bits per heavy atom. The molecule has 0 atom stereocenters. The van der Waals surface area contributed by atoms with E-state index in [1.807, 2.05) is 0 Å². The molecule has 0 saturated heterocycles. The van der Waals surface area contributed by atoms with Crippen molar-refractivity contribution < 1.29 is 14.3 Å². The number of aromatic nitrogens is 1. The van der Waals surface area contributed by atoms with E-state index in [1.54, 1.807) is 6.08 Å². The highest BCUT2D eigenvalue weighted by atomic mass is 16.5. The molecule has 14 heavy (non-hydrogen) atoms. The first kappa shape index (κ1) is 10.2. The SMILES string of the molecule is C=Cc1cnc(C(=O)OC)cc1OC. The first-order valence-corrected chi connectivity index (χ1v) is 3.97. The summed E-state index contributed by atoms with van der Waals surface area (Å²) in [5, 5.41) is 0. The van der Waals surface area contributed by atoms with E-state index in [-0.39, 0.29) is 5.69 Å². The molecule has 0 radical (unpaired) electrons. The van der Waals surface area contributed by atoms with Gasteiger partial charge in [-0.15, -0.1) is 0 Å². The highest BCUT2D eigenvalue weighted by Gasteiger charge is 2.10. The molecule has 0 fully saturated rings. The van der Waals surface area contributed by atoms with E-state index in [9.17, 15) is 4.79 Å². The van der Waals surface area contributed by atoms with Crippen LogP contribution in [0.4, 0.5) is 0 Å². The standard InChI is InChI=1S/C10H11NO3/c1-4-7-6-11-8(10(12)14-3)5-9(7)13-2/h4-6H,1H2,2-3H3. The molecule has 0 bridgehead atoms. The molecular weight excluding hydrogens is 182 g/mol. The van der Waals surface area contributed by atoms with Crippen molar-refractivity contribution >= 4 is 12.0 Å². The van der Waals surface area contributed by atoms with Gasteiger partial charge in [-0.25, -0.2) is 9.78 Å². The predicted molar refractivity (Wildman–Crippen MR) is 52.2 cm³/mol. The van der Waals surface area contributed by atoms with Crippen LogP contribution in [-0.2, 0) is 4.74 Å². The molecule has 0 aliphatic carbocycles. The van der Waals surface area contributed by atoms with Crippen LogP contribution in [0.15, 0.2) is 18.8 Å². The summed E-state index contributed by atoms with van der Waals surface area (Å²) in [5.41, 5.74) is 0.954. The number of hydrogen-bond acceptors (Lipinski definition) is 4. The molecule has 0 N–H and O–H groups in total. The van der Waals surface area contributed by atoms with Crippen LogP contribution in [0, 0.1) is 0 Å². The van der Waals surface area contributed by atoms with Crippen LogP contribution in [0.5, 0.6) is 5.75 Å². The van der Waals surface area contributed by atoms with Crippen LogP contribution < -0.4 is 4.74 Å². The number of carbonyl (C=O) groups excluding carboxylic acids is 1. The molecule has 0 aromatic carbocycles. The second-order valence-corrected chi connectivity index (χ2v) is 2.51. The molecule has 1 rings (SSSR count). The lowest BCUT2D eigenvalue weighted by Gasteiger charge is -2.05. The topological polar surface area (TPSA) is 48.4 Å². The number of hydrogen-bond donors (Lipinski definition) is 0. The second kappa shape index (κ2) is 4.41. The average Bonchev–Trinajstić information content (AvgIpc) is 2.26. The van der Waals surface area contributed by atoms with Gasteiger partial charge in [-0.3, -0.25) is 0 Å². The number of pyridine rings is 1. The van der Waals surface area contributed by atoms with Crippen molar-refractivity contribution in [3.05, 3.63) is 30.1 Å². The molecule has 0 spiro atoms. The zero-order valence-electron chi connectivity index (χ0n) is 8.11. The minimum absolute atomic E-state index is 0.218. The summed E-state index contributed by atoms with van der Waals surface area (Å²) >= 11 is 0. The molecule has 74 valence electrons. The summed E-state index contributed by atoms with van der Waals surface area (Å²) in [6.07, 6.45) is 3.12. The van der Waals surface area contributed by atoms with Crippen LogP contribution in [0.2, 0.25) is 0 Å². The molecule has 0 amide bonds. The summed E-state index contributed by atoms with van der Waals surface area (Å²) in [5.74, 6) is 0.0642. The molecule has 0 aliphatic heterocycles.